The van der Waals surface area contributed by atoms with Gasteiger partial charge in [0.05, 0.1) is 0 Å². The summed E-state index contributed by atoms with van der Waals surface area (Å²) in [4.78, 5) is 47.7. The molecule has 2 rings (SSSR count). The highest BCUT2D eigenvalue weighted by atomic mass is 16.5. The minimum absolute atomic E-state index is 0.206. The molecule has 0 spiro atoms. The van der Waals surface area contributed by atoms with Crippen molar-refractivity contribution >= 4 is 24.5 Å². The van der Waals surface area contributed by atoms with Gasteiger partial charge in [-0.25, -0.2) is 0 Å². The average Bonchev–Trinajstić information content (AvgIpc) is 3.19. The largest absolute Gasteiger partial charge is 0.381 e. The van der Waals surface area contributed by atoms with E-state index < -0.39 is 6.04 Å². The first kappa shape index (κ1) is 27.0. The molecule has 3 N–H and O–H groups in total. The van der Waals surface area contributed by atoms with Gasteiger partial charge in [0.1, 0.15) is 12.3 Å². The van der Waals surface area contributed by atoms with Crippen LogP contribution in [-0.4, -0.2) is 75.3 Å². The summed E-state index contributed by atoms with van der Waals surface area (Å²) in [7, 11) is 1.53. The van der Waals surface area contributed by atoms with E-state index in [0.717, 1.165) is 43.3 Å². The number of hydrogen-bond donors (Lipinski definition) is 3. The molecule has 1 unspecified atom stereocenters. The van der Waals surface area contributed by atoms with Crippen molar-refractivity contribution in [2.24, 2.45) is 0 Å². The molecule has 0 aromatic heterocycles. The number of fused-ring (bicyclic) bond motifs is 1. The van der Waals surface area contributed by atoms with Crippen LogP contribution in [0.15, 0.2) is 18.2 Å². The van der Waals surface area contributed by atoms with Crippen molar-refractivity contribution in [3.63, 3.8) is 0 Å². The second-order valence-corrected chi connectivity index (χ2v) is 7.83. The molecule has 1 aliphatic heterocycles. The van der Waals surface area contributed by atoms with Crippen LogP contribution in [0.4, 0.5) is 0 Å². The van der Waals surface area contributed by atoms with E-state index in [2.05, 4.69) is 27.8 Å². The number of aldehydes is 1. The Bertz CT molecular complexity index is 893. The zero-order chi connectivity index (χ0) is 24.6. The summed E-state index contributed by atoms with van der Waals surface area (Å²) < 4.78 is 5.49. The minimum atomic E-state index is -0.683. The van der Waals surface area contributed by atoms with Crippen LogP contribution < -0.4 is 16.0 Å². The van der Waals surface area contributed by atoms with Gasteiger partial charge in [0, 0.05) is 63.9 Å². The summed E-state index contributed by atoms with van der Waals surface area (Å²) in [6.45, 7) is 3.82. The average molecular weight is 471 g/mol. The molecule has 0 aliphatic carbocycles. The molecule has 184 valence electrons. The van der Waals surface area contributed by atoms with Gasteiger partial charge in [-0.2, -0.15) is 0 Å². The maximum atomic E-state index is 12.9. The van der Waals surface area contributed by atoms with Gasteiger partial charge in [0.2, 0.25) is 12.3 Å². The number of carbonyl (C=O) groups is 4. The highest BCUT2D eigenvalue weighted by Gasteiger charge is 2.36. The molecule has 9 nitrogen and oxygen atoms in total. The van der Waals surface area contributed by atoms with E-state index in [-0.39, 0.29) is 24.7 Å². The Hall–Kier alpha value is -3.22. The van der Waals surface area contributed by atoms with Crippen molar-refractivity contribution in [3.8, 4) is 11.8 Å². The van der Waals surface area contributed by atoms with E-state index in [4.69, 9.17) is 4.74 Å². The quantitative estimate of drug-likeness (QED) is 0.185. The Labute approximate surface area is 201 Å². The molecule has 0 radical (unpaired) electrons. The zero-order valence-corrected chi connectivity index (χ0v) is 19.7. The Balaban J connectivity index is 1.80. The van der Waals surface area contributed by atoms with Gasteiger partial charge in [0.15, 0.2) is 0 Å². The Kier molecular flexibility index (Phi) is 12.4. The molecule has 1 heterocycles. The molecule has 0 saturated carbocycles. The van der Waals surface area contributed by atoms with Gasteiger partial charge in [-0.1, -0.05) is 17.9 Å². The third-order valence-electron chi connectivity index (χ3n) is 5.46. The van der Waals surface area contributed by atoms with Gasteiger partial charge >= 0.3 is 0 Å². The van der Waals surface area contributed by atoms with E-state index in [9.17, 15) is 19.2 Å². The number of nitrogens with zero attached hydrogens (tertiary/aromatic N) is 1. The highest BCUT2D eigenvalue weighted by Crippen LogP contribution is 2.28. The first-order chi connectivity index (χ1) is 16.6. The van der Waals surface area contributed by atoms with Crippen LogP contribution in [0.5, 0.6) is 0 Å². The third-order valence-corrected chi connectivity index (χ3v) is 5.46. The fraction of sp³-hybridized carbons (Fsp3) is 0.520. The molecule has 3 amide bonds. The Morgan fingerprint density at radius 3 is 2.74 bits per heavy atom. The van der Waals surface area contributed by atoms with Crippen molar-refractivity contribution in [1.29, 1.82) is 0 Å². The number of benzene rings is 1. The van der Waals surface area contributed by atoms with Gasteiger partial charge in [-0.3, -0.25) is 14.4 Å². The van der Waals surface area contributed by atoms with Crippen LogP contribution in [0.3, 0.4) is 0 Å². The number of amides is 3. The number of likely N-dealkylation sites (N-methyl/N-ethyl adjacent to an activating group) is 1. The van der Waals surface area contributed by atoms with Crippen LogP contribution in [0, 0.1) is 11.8 Å². The first-order valence-corrected chi connectivity index (χ1v) is 11.7. The van der Waals surface area contributed by atoms with Crippen LogP contribution in [0.25, 0.3) is 0 Å². The molecule has 34 heavy (non-hydrogen) atoms. The molecule has 0 saturated heterocycles. The number of nitrogens with one attached hydrogen (secondary N) is 3. The molecular formula is C25H34N4O5. The SMILES string of the molecule is CNC(=O)C(CCC=O)N1Cc2c(C#CCCNCCCOCCCNC=O)cccc2C1=O. The van der Waals surface area contributed by atoms with Gasteiger partial charge < -0.3 is 30.4 Å². The fourth-order valence-corrected chi connectivity index (χ4v) is 3.71. The lowest BCUT2D eigenvalue weighted by Gasteiger charge is -2.25. The lowest BCUT2D eigenvalue weighted by molar-refractivity contribution is -0.125. The normalized spacial score (nSPS) is 13.0. The molecule has 1 aromatic carbocycles. The Morgan fingerprint density at radius 2 is 2.00 bits per heavy atom. The first-order valence-electron chi connectivity index (χ1n) is 11.7. The van der Waals surface area contributed by atoms with E-state index in [1.54, 1.807) is 12.1 Å². The van der Waals surface area contributed by atoms with Crippen molar-refractivity contribution < 1.29 is 23.9 Å². The number of carbonyl (C=O) groups excluding carboxylic acids is 4. The summed E-state index contributed by atoms with van der Waals surface area (Å²) in [5, 5.41) is 8.51. The molecular weight excluding hydrogens is 436 g/mol. The predicted molar refractivity (Wildman–Crippen MR) is 128 cm³/mol. The lowest BCUT2D eigenvalue weighted by Crippen LogP contribution is -2.46. The van der Waals surface area contributed by atoms with Gasteiger partial charge in [-0.05, 0) is 43.5 Å². The van der Waals surface area contributed by atoms with Crippen LogP contribution >= 0.6 is 0 Å². The predicted octanol–water partition coefficient (Wildman–Crippen LogP) is 0.610. The maximum Gasteiger partial charge on any atom is 0.255 e. The van der Waals surface area contributed by atoms with Crippen molar-refractivity contribution in [2.75, 3.05) is 39.9 Å². The van der Waals surface area contributed by atoms with E-state index in [1.165, 1.54) is 11.9 Å². The summed E-state index contributed by atoms with van der Waals surface area (Å²) in [5.41, 5.74) is 2.18. The summed E-state index contributed by atoms with van der Waals surface area (Å²) in [6, 6.07) is 4.76. The fourth-order valence-electron chi connectivity index (χ4n) is 3.71. The van der Waals surface area contributed by atoms with Crippen LogP contribution in [-0.2, 0) is 25.7 Å². The van der Waals surface area contributed by atoms with Crippen molar-refractivity contribution in [3.05, 3.63) is 34.9 Å². The van der Waals surface area contributed by atoms with Crippen molar-refractivity contribution in [2.45, 2.75) is 44.7 Å². The van der Waals surface area contributed by atoms with Crippen LogP contribution in [0.1, 0.15) is 53.6 Å². The topological polar surface area (TPSA) is 117 Å². The van der Waals surface area contributed by atoms with Gasteiger partial charge in [0.25, 0.3) is 5.91 Å². The number of hydrogen-bond acceptors (Lipinski definition) is 6. The summed E-state index contributed by atoms with van der Waals surface area (Å²) in [5.74, 6) is 5.84. The van der Waals surface area contributed by atoms with E-state index >= 15 is 0 Å². The van der Waals surface area contributed by atoms with Gasteiger partial charge in [-0.15, -0.1) is 0 Å². The molecule has 0 fully saturated rings. The maximum absolute atomic E-state index is 12.9. The molecule has 9 heteroatoms. The molecule has 1 aromatic rings. The zero-order valence-electron chi connectivity index (χ0n) is 19.7. The lowest BCUT2D eigenvalue weighted by atomic mass is 10.0. The summed E-state index contributed by atoms with van der Waals surface area (Å²) >= 11 is 0. The summed E-state index contributed by atoms with van der Waals surface area (Å²) in [6.07, 6.45) is 4.32. The molecule has 0 bridgehead atoms. The molecule has 1 atom stereocenters. The smallest absolute Gasteiger partial charge is 0.255 e. The number of rotatable bonds is 16. The second-order valence-electron chi connectivity index (χ2n) is 7.83. The monoisotopic (exact) mass is 470 g/mol. The minimum Gasteiger partial charge on any atom is -0.381 e. The van der Waals surface area contributed by atoms with Crippen LogP contribution in [0.2, 0.25) is 0 Å². The highest BCUT2D eigenvalue weighted by molar-refractivity contribution is 6.01. The van der Waals surface area contributed by atoms with Crippen molar-refractivity contribution in [1.82, 2.24) is 20.9 Å². The third kappa shape index (κ3) is 8.28. The standard InChI is InChI=1S/C25H34N4O5/c1-26-24(32)23(11-5-15-30)29-18-22-20(9-4-10-21(22)25(29)33)8-2-3-12-27-13-6-16-34-17-7-14-28-19-31/h4,9-10,15,19,23,27H,3,5-7,11-14,16-18H2,1H3,(H,26,32)(H,28,31). The van der Waals surface area contributed by atoms with E-state index in [0.29, 0.717) is 44.7 Å². The number of ether oxygens (including phenoxy) is 1. The second kappa shape index (κ2) is 15.6. The molecule has 1 aliphatic rings. The van der Waals surface area contributed by atoms with E-state index in [1.807, 2.05) is 6.07 Å². The Morgan fingerprint density at radius 1 is 1.21 bits per heavy atom.